The molecule has 1 atom stereocenters. The molecule has 1 aliphatic rings. The van der Waals surface area contributed by atoms with Gasteiger partial charge in [-0.15, -0.1) is 11.8 Å². The Bertz CT molecular complexity index is 531. The summed E-state index contributed by atoms with van der Waals surface area (Å²) in [6.45, 7) is 6.60. The number of thioether (sulfide) groups is 2. The van der Waals surface area contributed by atoms with Gasteiger partial charge in [0, 0.05) is 35.8 Å². The van der Waals surface area contributed by atoms with Crippen LogP contribution in [0.3, 0.4) is 0 Å². The van der Waals surface area contributed by atoms with Crippen LogP contribution in [0.25, 0.3) is 0 Å². The van der Waals surface area contributed by atoms with Crippen molar-refractivity contribution >= 4 is 40.2 Å². The Morgan fingerprint density at radius 2 is 2.10 bits per heavy atom. The zero-order chi connectivity index (χ0) is 15.4. The number of hydrogen-bond acceptors (Lipinski definition) is 4. The van der Waals surface area contributed by atoms with Gasteiger partial charge < -0.3 is 4.90 Å². The van der Waals surface area contributed by atoms with Crippen molar-refractivity contribution in [1.82, 2.24) is 0 Å². The van der Waals surface area contributed by atoms with Gasteiger partial charge in [0.1, 0.15) is 0 Å². The largest absolute Gasteiger partial charge is 0.311 e. The van der Waals surface area contributed by atoms with Gasteiger partial charge in [-0.2, -0.15) is 0 Å². The number of nitrogens with zero attached hydrogens (tertiary/aromatic N) is 1. The fourth-order valence-corrected chi connectivity index (χ4v) is 4.05. The molecule has 1 amide bonds. The second-order valence-corrected chi connectivity index (χ2v) is 8.33. The zero-order valence-corrected chi connectivity index (χ0v) is 14.3. The van der Waals surface area contributed by atoms with Crippen molar-refractivity contribution in [3.05, 3.63) is 24.3 Å². The van der Waals surface area contributed by atoms with E-state index in [9.17, 15) is 9.59 Å². The van der Waals surface area contributed by atoms with Gasteiger partial charge in [-0.1, -0.05) is 37.7 Å². The maximum atomic E-state index is 12.3. The first kappa shape index (κ1) is 16.4. The maximum Gasteiger partial charge on any atom is 0.227 e. The highest BCUT2D eigenvalue weighted by Gasteiger charge is 2.31. The first-order valence-corrected chi connectivity index (χ1v) is 9.03. The third-order valence-corrected chi connectivity index (χ3v) is 5.36. The highest BCUT2D eigenvalue weighted by Crippen LogP contribution is 2.36. The topological polar surface area (TPSA) is 37.4 Å². The molecule has 0 aromatic heterocycles. The van der Waals surface area contributed by atoms with E-state index < -0.39 is 0 Å². The lowest BCUT2D eigenvalue weighted by Gasteiger charge is -2.21. The molecule has 1 saturated heterocycles. The monoisotopic (exact) mass is 323 g/mol. The van der Waals surface area contributed by atoms with Crippen LogP contribution in [0.5, 0.6) is 0 Å². The molecule has 21 heavy (non-hydrogen) atoms. The molecule has 5 heteroatoms. The normalized spacial score (nSPS) is 18.6. The van der Waals surface area contributed by atoms with Gasteiger partial charge in [0.2, 0.25) is 5.91 Å². The fourth-order valence-electron chi connectivity index (χ4n) is 2.39. The van der Waals surface area contributed by atoms with E-state index in [4.69, 9.17) is 0 Å². The van der Waals surface area contributed by atoms with Crippen molar-refractivity contribution in [2.24, 2.45) is 5.92 Å². The van der Waals surface area contributed by atoms with Crippen molar-refractivity contribution in [3.8, 4) is 0 Å². The molecule has 1 aromatic carbocycles. The first-order valence-electron chi connectivity index (χ1n) is 7.16. The van der Waals surface area contributed by atoms with E-state index in [0.717, 1.165) is 22.9 Å². The summed E-state index contributed by atoms with van der Waals surface area (Å²) in [5.74, 6) is 1.17. The molecule has 114 valence electrons. The molecular formula is C16H21NO2S2. The lowest BCUT2D eigenvalue weighted by molar-refractivity contribution is -0.117. The van der Waals surface area contributed by atoms with Gasteiger partial charge in [-0.3, -0.25) is 9.59 Å². The Morgan fingerprint density at radius 1 is 1.38 bits per heavy atom. The van der Waals surface area contributed by atoms with Crippen LogP contribution in [0.1, 0.15) is 27.2 Å². The van der Waals surface area contributed by atoms with Crippen LogP contribution in [0.2, 0.25) is 0 Å². The standard InChI is InChI=1S/C16H21NO2S2/c1-11(2)21-15-7-5-4-6-14(15)17-9-13(8-16(17)19)10-20-12(3)18/h4-7,11,13H,8-10H2,1-3H3. The second-order valence-electron chi connectivity index (χ2n) is 5.51. The van der Waals surface area contributed by atoms with E-state index in [0.29, 0.717) is 11.7 Å². The maximum absolute atomic E-state index is 12.3. The summed E-state index contributed by atoms with van der Waals surface area (Å²) in [4.78, 5) is 26.4. The summed E-state index contributed by atoms with van der Waals surface area (Å²) in [6, 6.07) is 8.08. The Hall–Kier alpha value is -0.940. The van der Waals surface area contributed by atoms with Crippen molar-refractivity contribution in [3.63, 3.8) is 0 Å². The summed E-state index contributed by atoms with van der Waals surface area (Å²) in [5.41, 5.74) is 1.01. The van der Waals surface area contributed by atoms with Crippen LogP contribution in [0, 0.1) is 5.92 Å². The molecule has 1 unspecified atom stereocenters. The van der Waals surface area contributed by atoms with E-state index in [1.165, 1.54) is 11.8 Å². The first-order chi connectivity index (χ1) is 9.97. The minimum Gasteiger partial charge on any atom is -0.311 e. The molecule has 2 rings (SSSR count). The number of benzene rings is 1. The van der Waals surface area contributed by atoms with Gasteiger partial charge in [-0.05, 0) is 18.1 Å². The summed E-state index contributed by atoms with van der Waals surface area (Å²) in [6.07, 6.45) is 0.543. The summed E-state index contributed by atoms with van der Waals surface area (Å²) >= 11 is 3.10. The van der Waals surface area contributed by atoms with E-state index in [2.05, 4.69) is 19.9 Å². The molecule has 0 spiro atoms. The highest BCUT2D eigenvalue weighted by atomic mass is 32.2. The number of amides is 1. The molecular weight excluding hydrogens is 302 g/mol. The molecule has 0 saturated carbocycles. The highest BCUT2D eigenvalue weighted by molar-refractivity contribution is 8.13. The SMILES string of the molecule is CC(=O)SCC1CC(=O)N(c2ccccc2SC(C)C)C1. The molecule has 1 fully saturated rings. The fraction of sp³-hybridized carbons (Fsp3) is 0.500. The predicted octanol–water partition coefficient (Wildman–Crippen LogP) is 3.82. The molecule has 0 bridgehead atoms. The van der Waals surface area contributed by atoms with Crippen molar-refractivity contribution in [2.75, 3.05) is 17.2 Å². The third kappa shape index (κ3) is 4.51. The van der Waals surface area contributed by atoms with Gasteiger partial charge >= 0.3 is 0 Å². The number of carbonyl (C=O) groups is 2. The molecule has 3 nitrogen and oxygen atoms in total. The van der Waals surface area contributed by atoms with E-state index in [1.54, 1.807) is 18.7 Å². The van der Waals surface area contributed by atoms with Gasteiger partial charge in [-0.25, -0.2) is 0 Å². The van der Waals surface area contributed by atoms with Gasteiger partial charge in [0.25, 0.3) is 0 Å². The van der Waals surface area contributed by atoms with Crippen molar-refractivity contribution in [1.29, 1.82) is 0 Å². The van der Waals surface area contributed by atoms with E-state index in [-0.39, 0.29) is 16.9 Å². The van der Waals surface area contributed by atoms with E-state index >= 15 is 0 Å². The lowest BCUT2D eigenvalue weighted by Crippen LogP contribution is -2.25. The van der Waals surface area contributed by atoms with Crippen LogP contribution >= 0.6 is 23.5 Å². The average Bonchev–Trinajstić information content (AvgIpc) is 2.77. The summed E-state index contributed by atoms with van der Waals surface area (Å²) in [7, 11) is 0. The Balaban J connectivity index is 2.11. The number of carbonyl (C=O) groups excluding carboxylic acids is 2. The Labute approximate surface area is 134 Å². The Morgan fingerprint density at radius 3 is 2.76 bits per heavy atom. The molecule has 1 aliphatic heterocycles. The third-order valence-electron chi connectivity index (χ3n) is 3.25. The minimum absolute atomic E-state index is 0.122. The predicted molar refractivity (Wildman–Crippen MR) is 91.0 cm³/mol. The molecule has 0 radical (unpaired) electrons. The number of rotatable bonds is 5. The van der Waals surface area contributed by atoms with Gasteiger partial charge in [0.05, 0.1) is 5.69 Å². The molecule has 1 heterocycles. The van der Waals surface area contributed by atoms with Crippen LogP contribution in [0.4, 0.5) is 5.69 Å². The van der Waals surface area contributed by atoms with Gasteiger partial charge in [0.15, 0.2) is 5.12 Å². The Kier molecular flexibility index (Phi) is 5.76. The summed E-state index contributed by atoms with van der Waals surface area (Å²) < 4.78 is 0. The quantitative estimate of drug-likeness (QED) is 0.772. The van der Waals surface area contributed by atoms with Crippen molar-refractivity contribution < 1.29 is 9.59 Å². The second kappa shape index (κ2) is 7.36. The molecule has 1 aromatic rings. The smallest absolute Gasteiger partial charge is 0.227 e. The zero-order valence-electron chi connectivity index (χ0n) is 12.7. The van der Waals surface area contributed by atoms with Crippen LogP contribution in [-0.4, -0.2) is 28.6 Å². The average molecular weight is 323 g/mol. The molecule has 0 N–H and O–H groups in total. The summed E-state index contributed by atoms with van der Waals surface area (Å²) in [5, 5.41) is 0.601. The minimum atomic E-state index is 0.122. The lowest BCUT2D eigenvalue weighted by atomic mass is 10.1. The number of para-hydroxylation sites is 1. The number of anilines is 1. The van der Waals surface area contributed by atoms with Crippen LogP contribution < -0.4 is 4.90 Å². The van der Waals surface area contributed by atoms with Crippen LogP contribution in [0.15, 0.2) is 29.2 Å². The number of hydrogen-bond donors (Lipinski definition) is 0. The van der Waals surface area contributed by atoms with E-state index in [1.807, 2.05) is 23.1 Å². The van der Waals surface area contributed by atoms with Crippen LogP contribution in [-0.2, 0) is 9.59 Å². The van der Waals surface area contributed by atoms with Crippen molar-refractivity contribution in [2.45, 2.75) is 37.3 Å². The molecule has 0 aliphatic carbocycles.